The van der Waals surface area contributed by atoms with Crippen molar-refractivity contribution in [2.24, 2.45) is 5.92 Å². The molecule has 1 aliphatic heterocycles. The van der Waals surface area contributed by atoms with Crippen LogP contribution in [0.15, 0.2) is 17.1 Å². The maximum atomic E-state index is 13.0. The lowest BCUT2D eigenvalue weighted by Crippen LogP contribution is -2.54. The number of nitrogens with one attached hydrogen (secondary N) is 1. The molecule has 2 rings (SSSR count). The Morgan fingerprint density at radius 3 is 2.44 bits per heavy atom. The van der Waals surface area contributed by atoms with Crippen LogP contribution < -0.4 is 5.43 Å². The van der Waals surface area contributed by atoms with E-state index in [2.05, 4.69) is 4.98 Å². The zero-order valence-electron chi connectivity index (χ0n) is 15.9. The number of aryl methyl sites for hydroxylation is 1. The second kappa shape index (κ2) is 7.02. The number of piperidine rings is 1. The number of H-pyrrole nitrogens is 1. The van der Waals surface area contributed by atoms with Crippen molar-refractivity contribution in [2.45, 2.75) is 72.1 Å². The van der Waals surface area contributed by atoms with Crippen LogP contribution >= 0.6 is 0 Å². The first-order valence-corrected chi connectivity index (χ1v) is 8.76. The summed E-state index contributed by atoms with van der Waals surface area (Å²) in [5, 5.41) is 0. The van der Waals surface area contributed by atoms with Crippen LogP contribution in [0.5, 0.6) is 0 Å². The van der Waals surface area contributed by atoms with Gasteiger partial charge in [-0.1, -0.05) is 0 Å². The Morgan fingerprint density at radius 1 is 1.24 bits per heavy atom. The fourth-order valence-electron chi connectivity index (χ4n) is 3.35. The van der Waals surface area contributed by atoms with Gasteiger partial charge in [-0.25, -0.2) is 0 Å². The zero-order chi connectivity index (χ0) is 18.9. The molecule has 0 spiro atoms. The average Bonchev–Trinajstić information content (AvgIpc) is 2.45. The van der Waals surface area contributed by atoms with Crippen molar-refractivity contribution >= 4 is 11.9 Å². The third kappa shape index (κ3) is 4.30. The van der Waals surface area contributed by atoms with Crippen LogP contribution in [0.2, 0.25) is 0 Å². The van der Waals surface area contributed by atoms with Gasteiger partial charge >= 0.3 is 5.97 Å². The van der Waals surface area contributed by atoms with E-state index >= 15 is 0 Å². The summed E-state index contributed by atoms with van der Waals surface area (Å²) in [5.41, 5.74) is -0.0647. The molecule has 1 saturated heterocycles. The van der Waals surface area contributed by atoms with Gasteiger partial charge in [0.05, 0.1) is 5.92 Å². The molecule has 0 aliphatic carbocycles. The van der Waals surface area contributed by atoms with Crippen molar-refractivity contribution in [1.29, 1.82) is 0 Å². The van der Waals surface area contributed by atoms with E-state index in [9.17, 15) is 14.4 Å². The van der Waals surface area contributed by atoms with Gasteiger partial charge in [-0.05, 0) is 54.4 Å². The molecule has 1 aliphatic rings. The minimum Gasteiger partial charge on any atom is -0.460 e. The summed E-state index contributed by atoms with van der Waals surface area (Å²) in [6.07, 6.45) is 2.82. The predicted octanol–water partition coefficient (Wildman–Crippen LogP) is 2.65. The van der Waals surface area contributed by atoms with Crippen molar-refractivity contribution < 1.29 is 14.3 Å². The smallest absolute Gasteiger partial charge is 0.311 e. The molecule has 1 fully saturated rings. The van der Waals surface area contributed by atoms with Crippen molar-refractivity contribution in [3.63, 3.8) is 0 Å². The Labute approximate surface area is 148 Å². The van der Waals surface area contributed by atoms with Crippen LogP contribution in [0.4, 0.5) is 0 Å². The molecule has 1 aromatic rings. The molecule has 1 N–H and O–H groups in total. The highest BCUT2D eigenvalue weighted by molar-refractivity contribution is 5.94. The molecule has 0 aromatic carbocycles. The van der Waals surface area contributed by atoms with Crippen LogP contribution in [0.25, 0.3) is 0 Å². The second-order valence-corrected chi connectivity index (χ2v) is 7.91. The summed E-state index contributed by atoms with van der Waals surface area (Å²) < 4.78 is 5.51. The highest BCUT2D eigenvalue weighted by Gasteiger charge is 2.41. The number of nitrogens with zero attached hydrogens (tertiary/aromatic N) is 1. The van der Waals surface area contributed by atoms with Gasteiger partial charge in [-0.15, -0.1) is 0 Å². The van der Waals surface area contributed by atoms with E-state index in [1.807, 2.05) is 34.6 Å². The van der Waals surface area contributed by atoms with Gasteiger partial charge in [0.1, 0.15) is 11.2 Å². The number of amides is 1. The van der Waals surface area contributed by atoms with E-state index in [0.29, 0.717) is 18.5 Å². The molecule has 0 unspecified atom stereocenters. The maximum Gasteiger partial charge on any atom is 0.311 e. The van der Waals surface area contributed by atoms with Crippen LogP contribution in [-0.2, 0) is 9.53 Å². The number of hydrogen-bond donors (Lipinski definition) is 1. The maximum absolute atomic E-state index is 13.0. The molecule has 138 valence electrons. The minimum atomic E-state index is -0.567. The standard InChI is InChI=1S/C19H28N2O4/c1-11-9-16(22)15(10-20-11)17(23)21-12(2)7-8-14(13(21)3)18(24)25-19(4,5)6/h9-10,12-14H,7-8H2,1-6H3,(H,20,22)/t12-,13+,14+/m1/s1. The van der Waals surface area contributed by atoms with Gasteiger partial charge < -0.3 is 14.6 Å². The third-order valence-electron chi connectivity index (χ3n) is 4.62. The highest BCUT2D eigenvalue weighted by Crippen LogP contribution is 2.31. The Kier molecular flexibility index (Phi) is 5.40. The zero-order valence-corrected chi connectivity index (χ0v) is 15.9. The second-order valence-electron chi connectivity index (χ2n) is 7.91. The van der Waals surface area contributed by atoms with E-state index in [1.54, 1.807) is 11.8 Å². The number of esters is 1. The minimum absolute atomic E-state index is 0.0399. The average molecular weight is 348 g/mol. The van der Waals surface area contributed by atoms with E-state index in [-0.39, 0.29) is 40.9 Å². The van der Waals surface area contributed by atoms with Gasteiger partial charge in [-0.2, -0.15) is 0 Å². The van der Waals surface area contributed by atoms with E-state index in [0.717, 1.165) is 0 Å². The third-order valence-corrected chi connectivity index (χ3v) is 4.62. The molecule has 2 heterocycles. The first-order chi connectivity index (χ1) is 11.5. The van der Waals surface area contributed by atoms with Crippen LogP contribution in [0.1, 0.15) is 63.5 Å². The largest absolute Gasteiger partial charge is 0.460 e. The van der Waals surface area contributed by atoms with Gasteiger partial charge in [0.2, 0.25) is 0 Å². The number of aromatic nitrogens is 1. The number of likely N-dealkylation sites (tertiary alicyclic amines) is 1. The van der Waals surface area contributed by atoms with Crippen molar-refractivity contribution in [3.8, 4) is 0 Å². The summed E-state index contributed by atoms with van der Waals surface area (Å²) in [6.45, 7) is 11.0. The SMILES string of the molecule is Cc1cc(=O)c(C(=O)N2[C@H](C)CC[C@H](C(=O)OC(C)(C)C)[C@@H]2C)c[nH]1. The first-order valence-electron chi connectivity index (χ1n) is 8.76. The number of hydrogen-bond acceptors (Lipinski definition) is 4. The Hall–Kier alpha value is -2.11. The molecule has 0 bridgehead atoms. The van der Waals surface area contributed by atoms with E-state index < -0.39 is 5.60 Å². The van der Waals surface area contributed by atoms with E-state index in [4.69, 9.17) is 4.74 Å². The fraction of sp³-hybridized carbons (Fsp3) is 0.632. The molecular formula is C19H28N2O4. The van der Waals surface area contributed by atoms with Crippen molar-refractivity contribution in [3.05, 3.63) is 33.7 Å². The molecule has 1 aromatic heterocycles. The lowest BCUT2D eigenvalue weighted by Gasteiger charge is -2.43. The molecule has 0 radical (unpaired) electrons. The summed E-state index contributed by atoms with van der Waals surface area (Å²) in [7, 11) is 0. The molecule has 25 heavy (non-hydrogen) atoms. The van der Waals surface area contributed by atoms with Gasteiger partial charge in [-0.3, -0.25) is 14.4 Å². The number of rotatable bonds is 2. The molecule has 6 heteroatoms. The lowest BCUT2D eigenvalue weighted by atomic mass is 9.86. The monoisotopic (exact) mass is 348 g/mol. The van der Waals surface area contributed by atoms with Crippen molar-refractivity contribution in [1.82, 2.24) is 9.88 Å². The number of ether oxygens (including phenoxy) is 1. The quantitative estimate of drug-likeness (QED) is 0.833. The van der Waals surface area contributed by atoms with Crippen molar-refractivity contribution in [2.75, 3.05) is 0 Å². The summed E-state index contributed by atoms with van der Waals surface area (Å²) in [4.78, 5) is 42.2. The normalized spacial score (nSPS) is 24.1. The Balaban J connectivity index is 2.27. The van der Waals surface area contributed by atoms with Crippen LogP contribution in [-0.4, -0.2) is 39.4 Å². The summed E-state index contributed by atoms with van der Waals surface area (Å²) >= 11 is 0. The molecule has 3 atom stereocenters. The molecular weight excluding hydrogens is 320 g/mol. The Bertz CT molecular complexity index is 717. The lowest BCUT2D eigenvalue weighted by molar-refractivity contribution is -0.164. The predicted molar refractivity (Wildman–Crippen MR) is 95.5 cm³/mol. The van der Waals surface area contributed by atoms with Crippen LogP contribution in [0.3, 0.4) is 0 Å². The molecule has 0 saturated carbocycles. The number of carbonyl (C=O) groups is 2. The summed E-state index contributed by atoms with van der Waals surface area (Å²) in [5.74, 6) is -1.01. The molecule has 1 amide bonds. The Morgan fingerprint density at radius 2 is 1.88 bits per heavy atom. The fourth-order valence-corrected chi connectivity index (χ4v) is 3.35. The first kappa shape index (κ1) is 19.2. The summed E-state index contributed by atoms with van der Waals surface area (Å²) in [6, 6.07) is 1.05. The topological polar surface area (TPSA) is 79.5 Å². The van der Waals surface area contributed by atoms with E-state index in [1.165, 1.54) is 12.3 Å². The van der Waals surface area contributed by atoms with Gasteiger partial charge in [0.15, 0.2) is 5.43 Å². The van der Waals surface area contributed by atoms with Crippen LogP contribution in [0, 0.1) is 12.8 Å². The molecule has 6 nitrogen and oxygen atoms in total. The highest BCUT2D eigenvalue weighted by atomic mass is 16.6. The number of pyridine rings is 1. The number of carbonyl (C=O) groups excluding carboxylic acids is 2. The van der Waals surface area contributed by atoms with Gasteiger partial charge in [0.25, 0.3) is 5.91 Å². The number of aromatic amines is 1. The van der Waals surface area contributed by atoms with Gasteiger partial charge in [0, 0.05) is 30.0 Å².